The van der Waals surface area contributed by atoms with Crippen LogP contribution in [0.3, 0.4) is 0 Å². The van der Waals surface area contributed by atoms with Gasteiger partial charge in [0.2, 0.25) is 0 Å². The minimum absolute atomic E-state index is 0.178. The molecule has 8 heteroatoms. The van der Waals surface area contributed by atoms with Gasteiger partial charge in [-0.25, -0.2) is 9.79 Å². The summed E-state index contributed by atoms with van der Waals surface area (Å²) < 4.78 is 7.58. The van der Waals surface area contributed by atoms with Crippen molar-refractivity contribution in [3.8, 4) is 11.3 Å². The second-order valence-corrected chi connectivity index (χ2v) is 11.1. The number of fused-ring (bicyclic) bond motifs is 2. The largest absolute Gasteiger partial charge is 0.463 e. The van der Waals surface area contributed by atoms with E-state index in [9.17, 15) is 9.59 Å². The van der Waals surface area contributed by atoms with Crippen molar-refractivity contribution in [2.75, 3.05) is 6.61 Å². The summed E-state index contributed by atoms with van der Waals surface area (Å²) >= 11 is 2.85. The SMILES string of the molecule is CCOC(=O)C1=C(C)N=c2sc(=Cc3c(-c4ccccc4)[nH]c4ccc(C)cc34)c(=O)n2[C@@H]1c1cccs1. The molecule has 190 valence electrons. The minimum atomic E-state index is -0.578. The number of nitrogens with one attached hydrogen (secondary N) is 1. The first kappa shape index (κ1) is 24.3. The molecule has 0 amide bonds. The molecular formula is C30H25N3O3S2. The topological polar surface area (TPSA) is 76.4 Å². The van der Waals surface area contributed by atoms with Crippen LogP contribution in [0.15, 0.2) is 87.1 Å². The summed E-state index contributed by atoms with van der Waals surface area (Å²) in [5.41, 5.74) is 5.89. The molecule has 38 heavy (non-hydrogen) atoms. The van der Waals surface area contributed by atoms with E-state index in [4.69, 9.17) is 9.73 Å². The Morgan fingerprint density at radius 1 is 1.13 bits per heavy atom. The lowest BCUT2D eigenvalue weighted by Crippen LogP contribution is -2.39. The summed E-state index contributed by atoms with van der Waals surface area (Å²) in [6.07, 6.45) is 1.96. The number of aromatic amines is 1. The van der Waals surface area contributed by atoms with Crippen molar-refractivity contribution >= 4 is 45.6 Å². The fraction of sp³-hybridized carbons (Fsp3) is 0.167. The highest BCUT2D eigenvalue weighted by Gasteiger charge is 2.34. The van der Waals surface area contributed by atoms with Gasteiger partial charge in [-0.3, -0.25) is 9.36 Å². The van der Waals surface area contributed by atoms with Crippen molar-refractivity contribution in [2.24, 2.45) is 4.99 Å². The van der Waals surface area contributed by atoms with E-state index in [0.717, 1.165) is 38.2 Å². The molecule has 2 aromatic carbocycles. The lowest BCUT2D eigenvalue weighted by atomic mass is 10.0. The molecule has 5 aromatic rings. The predicted octanol–water partition coefficient (Wildman–Crippen LogP) is 5.32. The van der Waals surface area contributed by atoms with Crippen LogP contribution in [0.1, 0.15) is 35.9 Å². The van der Waals surface area contributed by atoms with Crippen molar-refractivity contribution in [1.29, 1.82) is 0 Å². The molecule has 0 radical (unpaired) electrons. The summed E-state index contributed by atoms with van der Waals surface area (Å²) in [5.74, 6) is -0.445. The van der Waals surface area contributed by atoms with Crippen molar-refractivity contribution in [2.45, 2.75) is 26.8 Å². The van der Waals surface area contributed by atoms with Gasteiger partial charge in [-0.05, 0) is 56.0 Å². The standard InChI is InChI=1S/C30H25N3O3S2/c1-4-36-29(35)25-18(3)31-30-33(27(25)23-11-8-14-37-23)28(34)24(38-30)16-21-20-15-17(2)12-13-22(20)32-26(21)19-9-6-5-7-10-19/h5-16,27,32H,4H2,1-3H3/t27-/m1/s1. The number of aryl methyl sites for hydroxylation is 1. The Labute approximate surface area is 226 Å². The number of rotatable bonds is 5. The molecule has 6 rings (SSSR count). The molecule has 0 spiro atoms. The van der Waals surface area contributed by atoms with Crippen LogP contribution in [0.5, 0.6) is 0 Å². The average molecular weight is 540 g/mol. The number of nitrogens with zero attached hydrogens (tertiary/aromatic N) is 2. The molecule has 6 nitrogen and oxygen atoms in total. The number of allylic oxidation sites excluding steroid dienone is 1. The monoisotopic (exact) mass is 539 g/mol. The zero-order valence-corrected chi connectivity index (χ0v) is 22.8. The van der Waals surface area contributed by atoms with Gasteiger partial charge in [0, 0.05) is 21.3 Å². The van der Waals surface area contributed by atoms with E-state index in [0.29, 0.717) is 20.6 Å². The van der Waals surface area contributed by atoms with Gasteiger partial charge >= 0.3 is 5.97 Å². The van der Waals surface area contributed by atoms with E-state index >= 15 is 0 Å². The number of ether oxygens (including phenoxy) is 1. The Morgan fingerprint density at radius 2 is 1.95 bits per heavy atom. The van der Waals surface area contributed by atoms with E-state index in [1.807, 2.05) is 41.8 Å². The number of carbonyl (C=O) groups excluding carboxylic acids is 1. The molecule has 0 unspecified atom stereocenters. The van der Waals surface area contributed by atoms with E-state index < -0.39 is 12.0 Å². The quantitative estimate of drug-likeness (QED) is 0.307. The summed E-state index contributed by atoms with van der Waals surface area (Å²) in [7, 11) is 0. The van der Waals surface area contributed by atoms with Crippen molar-refractivity contribution < 1.29 is 9.53 Å². The van der Waals surface area contributed by atoms with Gasteiger partial charge in [0.15, 0.2) is 4.80 Å². The molecule has 0 fully saturated rings. The lowest BCUT2D eigenvalue weighted by Gasteiger charge is -2.23. The molecule has 0 saturated carbocycles. The van der Waals surface area contributed by atoms with E-state index in [2.05, 4.69) is 42.2 Å². The number of benzene rings is 2. The van der Waals surface area contributed by atoms with Crippen molar-refractivity contribution in [3.05, 3.63) is 113 Å². The lowest BCUT2D eigenvalue weighted by molar-refractivity contribution is -0.139. The first-order chi connectivity index (χ1) is 18.5. The molecule has 0 aliphatic carbocycles. The van der Waals surface area contributed by atoms with Crippen LogP contribution >= 0.6 is 22.7 Å². The summed E-state index contributed by atoms with van der Waals surface area (Å²) in [6.45, 7) is 5.89. The van der Waals surface area contributed by atoms with E-state index in [1.165, 1.54) is 22.7 Å². The highest BCUT2D eigenvalue weighted by Crippen LogP contribution is 2.34. The smallest absolute Gasteiger partial charge is 0.338 e. The predicted molar refractivity (Wildman–Crippen MR) is 153 cm³/mol. The van der Waals surface area contributed by atoms with Crippen LogP contribution in [0.25, 0.3) is 28.2 Å². The zero-order chi connectivity index (χ0) is 26.4. The number of H-pyrrole nitrogens is 1. The minimum Gasteiger partial charge on any atom is -0.463 e. The zero-order valence-electron chi connectivity index (χ0n) is 21.1. The van der Waals surface area contributed by atoms with E-state index in [1.54, 1.807) is 18.4 Å². The van der Waals surface area contributed by atoms with Gasteiger partial charge in [-0.2, -0.15) is 0 Å². The summed E-state index contributed by atoms with van der Waals surface area (Å²) in [6, 6.07) is 19.7. The fourth-order valence-corrected chi connectivity index (χ4v) is 6.80. The third-order valence-corrected chi connectivity index (χ3v) is 8.57. The van der Waals surface area contributed by atoms with Gasteiger partial charge < -0.3 is 9.72 Å². The Bertz CT molecular complexity index is 1890. The normalized spacial score (nSPS) is 15.6. The molecule has 3 aromatic heterocycles. The Balaban J connectivity index is 1.61. The summed E-state index contributed by atoms with van der Waals surface area (Å²) in [4.78, 5) is 36.8. The molecule has 1 N–H and O–H groups in total. The molecule has 0 bridgehead atoms. The number of carbonyl (C=O) groups is 1. The highest BCUT2D eigenvalue weighted by molar-refractivity contribution is 7.10. The molecule has 1 aliphatic rings. The third-order valence-electron chi connectivity index (χ3n) is 6.66. The van der Waals surface area contributed by atoms with Gasteiger partial charge in [-0.1, -0.05) is 59.4 Å². The molecule has 0 saturated heterocycles. The molecular weight excluding hydrogens is 514 g/mol. The second kappa shape index (κ2) is 9.70. The Kier molecular flexibility index (Phi) is 6.21. The number of thiazole rings is 1. The Hall–Kier alpha value is -4.01. The van der Waals surface area contributed by atoms with Crippen LogP contribution in [-0.2, 0) is 9.53 Å². The number of esters is 1. The maximum atomic E-state index is 14.0. The molecule has 1 aliphatic heterocycles. The van der Waals surface area contributed by atoms with Gasteiger partial charge in [-0.15, -0.1) is 11.3 Å². The van der Waals surface area contributed by atoms with Crippen LogP contribution in [0, 0.1) is 6.92 Å². The average Bonchev–Trinajstić information content (AvgIpc) is 3.63. The van der Waals surface area contributed by atoms with Crippen LogP contribution in [-0.4, -0.2) is 22.1 Å². The van der Waals surface area contributed by atoms with E-state index in [-0.39, 0.29) is 12.2 Å². The number of hydrogen-bond donors (Lipinski definition) is 1. The summed E-state index contributed by atoms with van der Waals surface area (Å²) in [5, 5.41) is 3.00. The first-order valence-electron chi connectivity index (χ1n) is 12.4. The van der Waals surface area contributed by atoms with Crippen molar-refractivity contribution in [1.82, 2.24) is 9.55 Å². The number of thiophene rings is 1. The van der Waals surface area contributed by atoms with Crippen LogP contribution < -0.4 is 14.9 Å². The maximum absolute atomic E-state index is 14.0. The molecule has 1 atom stereocenters. The highest BCUT2D eigenvalue weighted by atomic mass is 32.1. The number of hydrogen-bond acceptors (Lipinski definition) is 6. The second-order valence-electron chi connectivity index (χ2n) is 9.15. The third kappa shape index (κ3) is 4.06. The van der Waals surface area contributed by atoms with Gasteiger partial charge in [0.1, 0.15) is 6.04 Å². The van der Waals surface area contributed by atoms with Crippen LogP contribution in [0.2, 0.25) is 0 Å². The van der Waals surface area contributed by atoms with Gasteiger partial charge in [0.25, 0.3) is 5.56 Å². The first-order valence-corrected chi connectivity index (χ1v) is 14.1. The molecule has 4 heterocycles. The number of aromatic nitrogens is 2. The van der Waals surface area contributed by atoms with Crippen LogP contribution in [0.4, 0.5) is 0 Å². The maximum Gasteiger partial charge on any atom is 0.338 e. The van der Waals surface area contributed by atoms with Crippen molar-refractivity contribution in [3.63, 3.8) is 0 Å². The van der Waals surface area contributed by atoms with Gasteiger partial charge in [0.05, 0.1) is 28.1 Å². The Morgan fingerprint density at radius 3 is 2.68 bits per heavy atom. The fourth-order valence-electron chi connectivity index (χ4n) is 4.95.